The molecule has 31 atom stereocenters. The Bertz CT molecular complexity index is 2080. The van der Waals surface area contributed by atoms with E-state index in [1.165, 1.54) is 12.5 Å². The fourth-order valence-corrected chi connectivity index (χ4v) is 15.3. The van der Waals surface area contributed by atoms with Crippen LogP contribution < -0.4 is 0 Å². The van der Waals surface area contributed by atoms with Gasteiger partial charge in [0.2, 0.25) is 0 Å². The van der Waals surface area contributed by atoms with Crippen molar-refractivity contribution < 1.29 is 124 Å². The van der Waals surface area contributed by atoms with Crippen molar-refractivity contribution in [2.24, 2.45) is 40.4 Å². The first-order valence-electron chi connectivity index (χ1n) is 27.1. The van der Waals surface area contributed by atoms with E-state index in [4.69, 9.17) is 47.4 Å². The highest BCUT2D eigenvalue weighted by Crippen LogP contribution is 2.72. The van der Waals surface area contributed by atoms with Gasteiger partial charge in [0, 0.05) is 23.7 Å². The van der Waals surface area contributed by atoms with E-state index < -0.39 is 177 Å². The van der Waals surface area contributed by atoms with Gasteiger partial charge >= 0.3 is 5.97 Å². The maximum Gasteiger partial charge on any atom is 0.335 e. The van der Waals surface area contributed by atoms with Crippen molar-refractivity contribution in [1.29, 1.82) is 0 Å². The third kappa shape index (κ3) is 9.44. The molecule has 0 aromatic heterocycles. The molecular formula is C51H80O25. The summed E-state index contributed by atoms with van der Waals surface area (Å²) in [4.78, 5) is 11.5. The molecule has 14 N–H and O–H groups in total. The Morgan fingerprint density at radius 1 is 0.671 bits per heavy atom. The number of rotatable bonds is 12. The van der Waals surface area contributed by atoms with E-state index in [1.807, 2.05) is 6.92 Å². The molecule has 76 heavy (non-hydrogen) atoms. The molecule has 6 heterocycles. The highest BCUT2D eigenvalue weighted by molar-refractivity contribution is 5.73. The molecule has 6 aliphatic heterocycles. The molecule has 6 saturated heterocycles. The van der Waals surface area contributed by atoms with Crippen LogP contribution in [0.5, 0.6) is 0 Å². The molecule has 0 amide bonds. The van der Waals surface area contributed by atoms with Gasteiger partial charge < -0.3 is 119 Å². The summed E-state index contributed by atoms with van der Waals surface area (Å²) >= 11 is 0. The minimum absolute atomic E-state index is 0.00824. The van der Waals surface area contributed by atoms with Crippen molar-refractivity contribution in [2.45, 2.75) is 232 Å². The summed E-state index contributed by atoms with van der Waals surface area (Å²) in [7, 11) is 0. The van der Waals surface area contributed by atoms with Crippen LogP contribution in [-0.4, -0.2) is 250 Å². The lowest BCUT2D eigenvalue weighted by molar-refractivity contribution is -0.369. The van der Waals surface area contributed by atoms with E-state index in [0.717, 1.165) is 25.7 Å². The molecule has 1 spiro atoms. The average Bonchev–Trinajstić information content (AvgIpc) is 3.95. The molecular weight excluding hydrogens is 1010 g/mol. The van der Waals surface area contributed by atoms with Crippen molar-refractivity contribution in [3.05, 3.63) is 11.6 Å². The summed E-state index contributed by atoms with van der Waals surface area (Å²) in [5, 5.41) is 149. The first-order valence-corrected chi connectivity index (χ1v) is 27.1. The van der Waals surface area contributed by atoms with E-state index in [9.17, 15) is 76.3 Å². The van der Waals surface area contributed by atoms with Crippen molar-refractivity contribution in [1.82, 2.24) is 0 Å². The smallest absolute Gasteiger partial charge is 0.335 e. The molecule has 0 aromatic carbocycles. The lowest BCUT2D eigenvalue weighted by Crippen LogP contribution is -2.64. The molecule has 1 unspecified atom stereocenters. The Morgan fingerprint density at radius 2 is 1.32 bits per heavy atom. The molecule has 25 nitrogen and oxygen atoms in total. The topological polar surface area (TPSA) is 393 Å². The van der Waals surface area contributed by atoms with Gasteiger partial charge in [-0.05, 0) is 81.5 Å². The minimum Gasteiger partial charge on any atom is -0.479 e. The first-order chi connectivity index (χ1) is 35.9. The van der Waals surface area contributed by atoms with Crippen LogP contribution in [-0.2, 0) is 52.2 Å². The summed E-state index contributed by atoms with van der Waals surface area (Å²) in [5.41, 5.74) is -0.619. The Morgan fingerprint density at radius 3 is 2.00 bits per heavy atom. The number of hydrogen-bond donors (Lipinski definition) is 14. The fraction of sp³-hybridized carbons (Fsp3) is 0.941. The lowest BCUT2D eigenvalue weighted by Gasteiger charge is -2.60. The molecule has 0 radical (unpaired) electrons. The molecule has 25 heteroatoms. The standard InChI is InChI=1S/C51H80O25/c1-19-30(53)33(56)40(63)46(70-19)75-42-36(59)31(54)27(15-52)72-47(42)71-23-8-10-48(3)22(13-23)5-6-24-25(48)9-11-49(4)26(24)14-29-51(49,66)20(2)50(76-29)12-7-21(17-69-50)16-67-44-38(61)34(57)32(55)28(73-44)18-68-45-39(62)35(58)37(60)41(74-45)43(64)65/h5,19-21,23-42,44-47,52-63,66H,6-18H2,1-4H3,(H,64,65)/t19-,20+,21?,23-,24+,25-,26-,27+,28+,29-,30-,31+,32+,33+,34-,35-,36-,37-,38+,39+,40+,41-,42+,44+,45+,46-,47+,48-,49-,50+,51+/m0/s1. The summed E-state index contributed by atoms with van der Waals surface area (Å²) in [6.45, 7) is 7.00. The van der Waals surface area contributed by atoms with Crippen molar-refractivity contribution in [3.63, 3.8) is 0 Å². The summed E-state index contributed by atoms with van der Waals surface area (Å²) in [6.07, 6.45) is -24.0. The molecule has 4 aliphatic carbocycles. The predicted molar refractivity (Wildman–Crippen MR) is 250 cm³/mol. The largest absolute Gasteiger partial charge is 0.479 e. The van der Waals surface area contributed by atoms with Gasteiger partial charge in [0.1, 0.15) is 91.1 Å². The minimum atomic E-state index is -1.94. The SMILES string of the molecule is C[C@@H]1O[C@@H](O[C@H]2[C@H](O[C@H]3CC[C@@]4(C)C(=CC[C@@H]5[C@@H]4CC[C@@]4(C)[C@H]5C[C@@H]5O[C@]6(CCC(CO[C@@H]7O[C@H](CO[C@@H]8O[C@H](C(=O)O)[C@@H](O)[C@H](O)[C@H]8O)[C@@H](O)[C@H](O)[C@H]7O)CO6)[C@@H](C)[C@@]54O)C3)O[C@H](CO)[C@@H](O)[C@@H]2O)[C@H](O)[C@H](O)[C@H]1O. The second-order valence-corrected chi connectivity index (χ2v) is 24.0. The van der Waals surface area contributed by atoms with Gasteiger partial charge in [-0.15, -0.1) is 0 Å². The number of carboxylic acid groups (broad SMARTS) is 1. The Balaban J connectivity index is 0.742. The van der Waals surface area contributed by atoms with E-state index >= 15 is 0 Å². The highest BCUT2D eigenvalue weighted by atomic mass is 16.8. The number of carboxylic acids is 1. The Kier molecular flexibility index (Phi) is 16.3. The van der Waals surface area contributed by atoms with Gasteiger partial charge in [-0.2, -0.15) is 0 Å². The van der Waals surface area contributed by atoms with E-state index in [1.54, 1.807) is 0 Å². The lowest BCUT2D eigenvalue weighted by atomic mass is 9.46. The third-order valence-electron chi connectivity index (χ3n) is 20.1. The zero-order valence-electron chi connectivity index (χ0n) is 43.1. The Labute approximate surface area is 439 Å². The monoisotopic (exact) mass is 1090 g/mol. The van der Waals surface area contributed by atoms with Gasteiger partial charge in [0.25, 0.3) is 0 Å². The average molecular weight is 1090 g/mol. The number of aliphatic carboxylic acids is 1. The van der Waals surface area contributed by atoms with E-state index in [2.05, 4.69) is 19.9 Å². The van der Waals surface area contributed by atoms with Crippen molar-refractivity contribution in [2.75, 3.05) is 26.4 Å². The zero-order valence-corrected chi connectivity index (χ0v) is 43.1. The van der Waals surface area contributed by atoms with Crippen LogP contribution >= 0.6 is 0 Å². The van der Waals surface area contributed by atoms with Crippen LogP contribution in [0.1, 0.15) is 85.5 Å². The van der Waals surface area contributed by atoms with Crippen LogP contribution in [0.2, 0.25) is 0 Å². The zero-order chi connectivity index (χ0) is 54.7. The quantitative estimate of drug-likeness (QED) is 0.0834. The highest BCUT2D eigenvalue weighted by Gasteiger charge is 2.76. The normalized spacial score (nSPS) is 56.3. The maximum absolute atomic E-state index is 13.1. The van der Waals surface area contributed by atoms with E-state index in [-0.39, 0.29) is 36.4 Å². The number of aliphatic hydroxyl groups is 13. The predicted octanol–water partition coefficient (Wildman–Crippen LogP) is -3.78. The molecule has 10 rings (SSSR count). The van der Waals surface area contributed by atoms with Gasteiger partial charge in [-0.3, -0.25) is 0 Å². The van der Waals surface area contributed by atoms with Crippen LogP contribution in [0, 0.1) is 40.4 Å². The number of allylic oxidation sites excluding steroid dienone is 1. The second-order valence-electron chi connectivity index (χ2n) is 24.0. The van der Waals surface area contributed by atoms with Crippen LogP contribution in [0.4, 0.5) is 0 Å². The maximum atomic E-state index is 13.1. The summed E-state index contributed by atoms with van der Waals surface area (Å²) in [5.74, 6) is -2.57. The fourth-order valence-electron chi connectivity index (χ4n) is 15.3. The van der Waals surface area contributed by atoms with Crippen LogP contribution in [0.25, 0.3) is 0 Å². The van der Waals surface area contributed by atoms with Gasteiger partial charge in [0.15, 0.2) is 37.1 Å². The first kappa shape index (κ1) is 57.5. The Hall–Kier alpha value is -1.71. The number of ether oxygens (including phenoxy) is 10. The number of carbonyl (C=O) groups is 1. The van der Waals surface area contributed by atoms with Crippen molar-refractivity contribution in [3.8, 4) is 0 Å². The summed E-state index contributed by atoms with van der Waals surface area (Å²) < 4.78 is 60.0. The van der Waals surface area contributed by atoms with E-state index in [0.29, 0.717) is 38.0 Å². The third-order valence-corrected chi connectivity index (χ3v) is 20.1. The van der Waals surface area contributed by atoms with Crippen LogP contribution in [0.15, 0.2) is 11.6 Å². The molecule has 9 fully saturated rings. The molecule has 0 bridgehead atoms. The molecule has 3 saturated carbocycles. The number of hydrogen-bond acceptors (Lipinski definition) is 24. The van der Waals surface area contributed by atoms with Crippen molar-refractivity contribution >= 4 is 5.97 Å². The molecule has 10 aliphatic rings. The number of fused-ring (bicyclic) bond motifs is 7. The molecule has 0 aromatic rings. The van der Waals surface area contributed by atoms with Crippen LogP contribution in [0.3, 0.4) is 0 Å². The van der Waals surface area contributed by atoms with Gasteiger partial charge in [-0.1, -0.05) is 32.4 Å². The number of aliphatic hydroxyl groups excluding tert-OH is 12. The summed E-state index contributed by atoms with van der Waals surface area (Å²) in [6, 6.07) is 0. The van der Waals surface area contributed by atoms with Gasteiger partial charge in [0.05, 0.1) is 44.7 Å². The van der Waals surface area contributed by atoms with Gasteiger partial charge in [-0.25, -0.2) is 4.79 Å². The second kappa shape index (κ2) is 21.6. The molecule has 434 valence electrons.